The molecule has 0 saturated carbocycles. The van der Waals surface area contributed by atoms with Crippen molar-refractivity contribution in [3.63, 3.8) is 0 Å². The first-order valence-electron chi connectivity index (χ1n) is 16.3. The Labute approximate surface area is 255 Å². The van der Waals surface area contributed by atoms with Gasteiger partial charge in [0.25, 0.3) is 0 Å². The maximum absolute atomic E-state index is 11.5. The van der Waals surface area contributed by atoms with Gasteiger partial charge >= 0.3 is 11.9 Å². The SMILES string of the molecule is CC(=O)CCCCCCCCCCC(=O)OC(C)CO.CC(=O)CCCCCCCCCCC(=O)OC(CO)C(C)O. The van der Waals surface area contributed by atoms with Crippen LogP contribution in [0.3, 0.4) is 0 Å². The predicted molar refractivity (Wildman–Crippen MR) is 165 cm³/mol. The minimum Gasteiger partial charge on any atom is -0.460 e. The summed E-state index contributed by atoms with van der Waals surface area (Å²) in [6.45, 7) is 5.98. The second-order valence-corrected chi connectivity index (χ2v) is 11.5. The van der Waals surface area contributed by atoms with Gasteiger partial charge in [0, 0.05) is 25.7 Å². The number of aliphatic hydroxyl groups is 3. The monoisotopic (exact) mass is 602 g/mol. The molecule has 3 atom stereocenters. The van der Waals surface area contributed by atoms with E-state index in [-0.39, 0.29) is 36.7 Å². The molecule has 0 aromatic carbocycles. The second-order valence-electron chi connectivity index (χ2n) is 11.5. The average Bonchev–Trinajstić information content (AvgIpc) is 2.93. The van der Waals surface area contributed by atoms with Crippen molar-refractivity contribution in [3.8, 4) is 0 Å². The maximum atomic E-state index is 11.5. The number of esters is 2. The highest BCUT2D eigenvalue weighted by Crippen LogP contribution is 2.13. The molecular weight excluding hydrogens is 540 g/mol. The van der Waals surface area contributed by atoms with E-state index in [1.54, 1.807) is 20.8 Å². The largest absolute Gasteiger partial charge is 0.460 e. The smallest absolute Gasteiger partial charge is 0.306 e. The molecule has 0 aromatic rings. The molecule has 0 aliphatic rings. The first-order chi connectivity index (χ1) is 20.0. The molecule has 0 rings (SSSR count). The van der Waals surface area contributed by atoms with Gasteiger partial charge in [-0.25, -0.2) is 0 Å². The van der Waals surface area contributed by atoms with Crippen LogP contribution < -0.4 is 0 Å². The Hall–Kier alpha value is -1.84. The number of aliphatic hydroxyl groups excluding tert-OH is 3. The van der Waals surface area contributed by atoms with Gasteiger partial charge in [-0.1, -0.05) is 77.0 Å². The van der Waals surface area contributed by atoms with Gasteiger partial charge in [-0.3, -0.25) is 9.59 Å². The van der Waals surface area contributed by atoms with E-state index in [9.17, 15) is 24.3 Å². The Kier molecular flexibility index (Phi) is 30.8. The average molecular weight is 603 g/mol. The predicted octanol–water partition coefficient (Wildman–Crippen LogP) is 6.16. The zero-order valence-corrected chi connectivity index (χ0v) is 27.1. The molecule has 248 valence electrons. The molecule has 0 spiro atoms. The number of Topliss-reactive ketones (excluding diaryl/α,β-unsaturated/α-hetero) is 2. The Morgan fingerprint density at radius 2 is 0.810 bits per heavy atom. The highest BCUT2D eigenvalue weighted by Gasteiger charge is 2.18. The first kappa shape index (κ1) is 42.3. The molecule has 9 heteroatoms. The lowest BCUT2D eigenvalue weighted by Gasteiger charge is -2.17. The van der Waals surface area contributed by atoms with Crippen LogP contribution in [0.5, 0.6) is 0 Å². The Morgan fingerprint density at radius 3 is 1.10 bits per heavy atom. The number of unbranched alkanes of at least 4 members (excludes halogenated alkanes) is 14. The van der Waals surface area contributed by atoms with E-state index in [0.29, 0.717) is 25.7 Å². The summed E-state index contributed by atoms with van der Waals surface area (Å²) in [6.07, 6.45) is 17.4. The molecule has 0 bridgehead atoms. The molecule has 0 amide bonds. The van der Waals surface area contributed by atoms with Gasteiger partial charge in [-0.2, -0.15) is 0 Å². The van der Waals surface area contributed by atoms with Gasteiger partial charge in [-0.15, -0.1) is 0 Å². The van der Waals surface area contributed by atoms with Gasteiger partial charge in [0.05, 0.1) is 19.3 Å². The Bertz CT molecular complexity index is 678. The molecule has 0 aliphatic heterocycles. The number of rotatable bonds is 27. The molecule has 0 aromatic heterocycles. The molecule has 0 radical (unpaired) electrons. The van der Waals surface area contributed by atoms with E-state index in [1.165, 1.54) is 39.0 Å². The van der Waals surface area contributed by atoms with E-state index >= 15 is 0 Å². The summed E-state index contributed by atoms with van der Waals surface area (Å²) in [4.78, 5) is 44.3. The van der Waals surface area contributed by atoms with E-state index in [0.717, 1.165) is 70.6 Å². The van der Waals surface area contributed by atoms with Crippen molar-refractivity contribution in [1.82, 2.24) is 0 Å². The standard InChI is InChI=1S/C17H32O5.C16H30O4/c1-14(19)11-9-7-5-3-4-6-8-10-12-17(21)22-16(13-18)15(2)20;1-14(18)11-9-7-5-3-4-6-8-10-12-16(19)20-15(2)13-17/h15-16,18,20H,3-13H2,1-2H3;15,17H,3-13H2,1-2H3. The van der Waals surface area contributed by atoms with Crippen LogP contribution in [0, 0.1) is 0 Å². The van der Waals surface area contributed by atoms with Gasteiger partial charge < -0.3 is 34.4 Å². The lowest BCUT2D eigenvalue weighted by atomic mass is 10.1. The number of carbonyl (C=O) groups excluding carboxylic acids is 4. The van der Waals surface area contributed by atoms with E-state index in [4.69, 9.17) is 19.7 Å². The number of carbonyl (C=O) groups is 4. The fraction of sp³-hybridized carbons (Fsp3) is 0.879. The highest BCUT2D eigenvalue weighted by molar-refractivity contribution is 5.75. The van der Waals surface area contributed by atoms with E-state index in [1.807, 2.05) is 0 Å². The summed E-state index contributed by atoms with van der Waals surface area (Å²) < 4.78 is 9.96. The third-order valence-electron chi connectivity index (χ3n) is 6.91. The lowest BCUT2D eigenvalue weighted by molar-refractivity contribution is -0.157. The zero-order valence-electron chi connectivity index (χ0n) is 27.1. The molecular formula is C33H62O9. The normalized spacial score (nSPS) is 12.9. The summed E-state index contributed by atoms with van der Waals surface area (Å²) in [5.41, 5.74) is 0. The van der Waals surface area contributed by atoms with Crippen molar-refractivity contribution in [3.05, 3.63) is 0 Å². The minimum atomic E-state index is -0.850. The van der Waals surface area contributed by atoms with E-state index in [2.05, 4.69) is 0 Å². The van der Waals surface area contributed by atoms with Gasteiger partial charge in [-0.05, 0) is 53.4 Å². The summed E-state index contributed by atoms with van der Waals surface area (Å²) in [5, 5.41) is 27.0. The maximum Gasteiger partial charge on any atom is 0.306 e. The third-order valence-corrected chi connectivity index (χ3v) is 6.91. The minimum absolute atomic E-state index is 0.116. The summed E-state index contributed by atoms with van der Waals surface area (Å²) >= 11 is 0. The van der Waals surface area contributed by atoms with Crippen LogP contribution in [0.2, 0.25) is 0 Å². The molecule has 3 unspecified atom stereocenters. The Balaban J connectivity index is 0. The summed E-state index contributed by atoms with van der Waals surface area (Å²) in [6, 6.07) is 0. The molecule has 0 heterocycles. The zero-order chi connectivity index (χ0) is 32.0. The van der Waals surface area contributed by atoms with Gasteiger partial charge in [0.15, 0.2) is 6.10 Å². The number of hydrogen-bond donors (Lipinski definition) is 3. The van der Waals surface area contributed by atoms with Crippen LogP contribution in [0.25, 0.3) is 0 Å². The van der Waals surface area contributed by atoms with Crippen molar-refractivity contribution >= 4 is 23.5 Å². The van der Waals surface area contributed by atoms with Crippen molar-refractivity contribution in [2.24, 2.45) is 0 Å². The second kappa shape index (κ2) is 30.6. The molecule has 3 N–H and O–H groups in total. The van der Waals surface area contributed by atoms with Crippen LogP contribution in [-0.2, 0) is 28.7 Å². The molecule has 0 aliphatic carbocycles. The molecule has 0 saturated heterocycles. The van der Waals surface area contributed by atoms with Crippen LogP contribution in [0.15, 0.2) is 0 Å². The summed E-state index contributed by atoms with van der Waals surface area (Å²) in [7, 11) is 0. The fourth-order valence-electron chi connectivity index (χ4n) is 4.24. The van der Waals surface area contributed by atoms with Crippen LogP contribution in [0.1, 0.15) is 156 Å². The fourth-order valence-corrected chi connectivity index (χ4v) is 4.24. The van der Waals surface area contributed by atoms with Crippen LogP contribution in [0.4, 0.5) is 0 Å². The van der Waals surface area contributed by atoms with Crippen molar-refractivity contribution < 1.29 is 44.0 Å². The topological polar surface area (TPSA) is 147 Å². The molecule has 0 fully saturated rings. The van der Waals surface area contributed by atoms with Gasteiger partial charge in [0.1, 0.15) is 17.7 Å². The van der Waals surface area contributed by atoms with Crippen molar-refractivity contribution in [1.29, 1.82) is 0 Å². The van der Waals surface area contributed by atoms with Crippen molar-refractivity contribution in [2.75, 3.05) is 13.2 Å². The Morgan fingerprint density at radius 1 is 0.500 bits per heavy atom. The molecule has 9 nitrogen and oxygen atoms in total. The summed E-state index contributed by atoms with van der Waals surface area (Å²) in [5.74, 6) is -0.0155. The quantitative estimate of drug-likeness (QED) is 0.0742. The lowest BCUT2D eigenvalue weighted by Crippen LogP contribution is -2.32. The van der Waals surface area contributed by atoms with Gasteiger partial charge in [0.2, 0.25) is 0 Å². The molecule has 42 heavy (non-hydrogen) atoms. The number of ether oxygens (including phenoxy) is 2. The van der Waals surface area contributed by atoms with Crippen molar-refractivity contribution in [2.45, 2.75) is 174 Å². The number of hydrogen-bond acceptors (Lipinski definition) is 9. The number of ketones is 2. The van der Waals surface area contributed by atoms with E-state index < -0.39 is 18.3 Å². The third kappa shape index (κ3) is 32.7. The van der Waals surface area contributed by atoms with Crippen LogP contribution >= 0.6 is 0 Å². The highest BCUT2D eigenvalue weighted by atomic mass is 16.6. The first-order valence-corrected chi connectivity index (χ1v) is 16.3. The van der Waals surface area contributed by atoms with Crippen LogP contribution in [-0.4, -0.2) is 70.4 Å².